The van der Waals surface area contributed by atoms with Crippen LogP contribution >= 0.6 is 0 Å². The standard InChI is InChI=1S/C25H25N3O7/c1-15(20-9-5-7-16-6-3-4-8-21(16)20)26-23(29)22-13-25(22,2)14-35-24(30)17-10-18(27(31)32)12-19(11-17)28(33)34/h3-12,15,22,31-32H,13-14H2,1-2H3,(H,26,29)/q-2. The van der Waals surface area contributed by atoms with Gasteiger partial charge in [0.25, 0.3) is 0 Å². The third-order valence-corrected chi connectivity index (χ3v) is 6.43. The third kappa shape index (κ3) is 5.20. The summed E-state index contributed by atoms with van der Waals surface area (Å²) in [6.07, 6.45) is 0.523. The summed E-state index contributed by atoms with van der Waals surface area (Å²) in [4.78, 5) is 25.4. The van der Waals surface area contributed by atoms with Gasteiger partial charge in [0.2, 0.25) is 5.91 Å². The van der Waals surface area contributed by atoms with Crippen LogP contribution in [0.15, 0.2) is 60.7 Å². The van der Waals surface area contributed by atoms with Crippen molar-refractivity contribution in [3.05, 3.63) is 82.2 Å². The van der Waals surface area contributed by atoms with Gasteiger partial charge in [-0.1, -0.05) is 49.4 Å². The van der Waals surface area contributed by atoms with Gasteiger partial charge in [0, 0.05) is 17.0 Å². The zero-order chi connectivity index (χ0) is 25.3. The number of carbonyl (C=O) groups excluding carboxylic acids is 2. The smallest absolute Gasteiger partial charge is 0.338 e. The fourth-order valence-corrected chi connectivity index (χ4v) is 4.24. The van der Waals surface area contributed by atoms with Crippen LogP contribution in [0.1, 0.15) is 42.2 Å². The van der Waals surface area contributed by atoms with E-state index >= 15 is 0 Å². The summed E-state index contributed by atoms with van der Waals surface area (Å²) in [6.45, 7) is 3.69. The first-order valence-corrected chi connectivity index (χ1v) is 11.0. The normalized spacial score (nSPS) is 19.7. The minimum absolute atomic E-state index is 0.0629. The molecule has 3 atom stereocenters. The van der Waals surface area contributed by atoms with Crippen LogP contribution in [-0.4, -0.2) is 28.9 Å². The lowest BCUT2D eigenvalue weighted by molar-refractivity contribution is -0.124. The van der Waals surface area contributed by atoms with Crippen LogP contribution in [0.4, 0.5) is 11.4 Å². The number of ether oxygens (including phenoxy) is 1. The number of carbonyl (C=O) groups is 2. The molecule has 1 amide bonds. The summed E-state index contributed by atoms with van der Waals surface area (Å²) >= 11 is 0. The highest BCUT2D eigenvalue weighted by atomic mass is 16.8. The predicted molar refractivity (Wildman–Crippen MR) is 129 cm³/mol. The molecule has 0 radical (unpaired) electrons. The number of esters is 1. The van der Waals surface area contributed by atoms with Gasteiger partial charge in [0.1, 0.15) is 0 Å². The second-order valence-electron chi connectivity index (χ2n) is 9.07. The highest BCUT2D eigenvalue weighted by molar-refractivity contribution is 5.92. The van der Waals surface area contributed by atoms with Crippen LogP contribution in [0.25, 0.3) is 10.8 Å². The van der Waals surface area contributed by atoms with Crippen molar-refractivity contribution >= 4 is 34.0 Å². The van der Waals surface area contributed by atoms with Gasteiger partial charge < -0.3 is 25.7 Å². The molecule has 184 valence electrons. The molecule has 0 heterocycles. The Kier molecular flexibility index (Phi) is 6.64. The van der Waals surface area contributed by atoms with E-state index in [1.165, 1.54) is 0 Å². The Morgan fingerprint density at radius 2 is 1.80 bits per heavy atom. The molecule has 1 saturated carbocycles. The minimum atomic E-state index is -0.867. The summed E-state index contributed by atoms with van der Waals surface area (Å²) in [5.41, 5.74) is -0.629. The van der Waals surface area contributed by atoms with Gasteiger partial charge in [-0.15, -0.1) is 5.23 Å². The largest absolute Gasteiger partial charge is 0.769 e. The molecule has 0 aromatic heterocycles. The Labute approximate surface area is 201 Å². The number of hydrogen-bond donors (Lipinski definition) is 3. The summed E-state index contributed by atoms with van der Waals surface area (Å²) in [7, 11) is 0. The molecule has 3 aromatic rings. The number of amides is 1. The molecule has 3 N–H and O–H groups in total. The van der Waals surface area contributed by atoms with E-state index in [0.29, 0.717) is 6.42 Å². The zero-order valence-corrected chi connectivity index (χ0v) is 19.2. The average molecular weight is 479 g/mol. The summed E-state index contributed by atoms with van der Waals surface area (Å²) in [6, 6.07) is 16.6. The van der Waals surface area contributed by atoms with Crippen LogP contribution in [-0.2, 0) is 9.53 Å². The lowest BCUT2D eigenvalue weighted by Gasteiger charge is -2.38. The molecule has 3 unspecified atom stereocenters. The lowest BCUT2D eigenvalue weighted by Crippen LogP contribution is -2.30. The van der Waals surface area contributed by atoms with E-state index in [4.69, 9.17) is 4.74 Å². The fourth-order valence-electron chi connectivity index (χ4n) is 4.24. The third-order valence-electron chi connectivity index (χ3n) is 6.43. The topological polar surface area (TPSA) is 148 Å². The van der Waals surface area contributed by atoms with Gasteiger partial charge in [-0.3, -0.25) is 15.2 Å². The average Bonchev–Trinajstić information content (AvgIpc) is 3.53. The highest BCUT2D eigenvalue weighted by Gasteiger charge is 2.55. The zero-order valence-electron chi connectivity index (χ0n) is 19.2. The maximum atomic E-state index is 12.9. The number of nitrogens with zero attached hydrogens (tertiary/aromatic N) is 2. The minimum Gasteiger partial charge on any atom is -0.769 e. The first-order valence-electron chi connectivity index (χ1n) is 11.0. The van der Waals surface area contributed by atoms with Gasteiger partial charge in [-0.25, -0.2) is 4.79 Å². The molecular weight excluding hydrogens is 454 g/mol. The summed E-state index contributed by atoms with van der Waals surface area (Å²) in [5, 5.41) is 44.7. The van der Waals surface area contributed by atoms with Crippen molar-refractivity contribution in [1.82, 2.24) is 5.32 Å². The van der Waals surface area contributed by atoms with Crippen molar-refractivity contribution in [3.63, 3.8) is 0 Å². The molecule has 4 rings (SSSR count). The Balaban J connectivity index is 1.38. The van der Waals surface area contributed by atoms with E-state index in [2.05, 4.69) is 5.32 Å². The number of nitrogens with one attached hydrogen (secondary N) is 1. The van der Waals surface area contributed by atoms with E-state index in [-0.39, 0.29) is 41.0 Å². The van der Waals surface area contributed by atoms with Crippen molar-refractivity contribution in [3.8, 4) is 0 Å². The molecule has 10 heteroatoms. The van der Waals surface area contributed by atoms with E-state index in [1.54, 1.807) is 0 Å². The maximum Gasteiger partial charge on any atom is 0.338 e. The van der Waals surface area contributed by atoms with Crippen molar-refractivity contribution in [2.45, 2.75) is 26.3 Å². The van der Waals surface area contributed by atoms with E-state index in [0.717, 1.165) is 34.5 Å². The van der Waals surface area contributed by atoms with Gasteiger partial charge in [-0.2, -0.15) is 0 Å². The molecule has 3 aromatic carbocycles. The lowest BCUT2D eigenvalue weighted by atomic mass is 9.99. The second kappa shape index (κ2) is 9.51. The molecule has 0 saturated heterocycles. The first-order chi connectivity index (χ1) is 16.6. The monoisotopic (exact) mass is 479 g/mol. The van der Waals surface area contributed by atoms with Crippen molar-refractivity contribution in [2.75, 3.05) is 17.1 Å². The van der Waals surface area contributed by atoms with Gasteiger partial charge in [0.05, 0.1) is 23.9 Å². The maximum absolute atomic E-state index is 12.9. The number of rotatable bonds is 8. The van der Waals surface area contributed by atoms with Crippen LogP contribution in [0.3, 0.4) is 0 Å². The molecule has 0 spiro atoms. The molecule has 1 aliphatic rings. The van der Waals surface area contributed by atoms with E-state index in [1.807, 2.05) is 56.3 Å². The number of hydrogen-bond acceptors (Lipinski definition) is 9. The molecule has 35 heavy (non-hydrogen) atoms. The molecule has 0 aliphatic heterocycles. The molecule has 1 fully saturated rings. The molecule has 10 nitrogen and oxygen atoms in total. The van der Waals surface area contributed by atoms with Crippen LogP contribution in [0.2, 0.25) is 0 Å². The predicted octanol–water partition coefficient (Wildman–Crippen LogP) is 4.29. The first kappa shape index (κ1) is 24.4. The summed E-state index contributed by atoms with van der Waals surface area (Å²) < 4.78 is 5.33. The highest BCUT2D eigenvalue weighted by Crippen LogP contribution is 2.52. The number of benzene rings is 3. The molecule has 0 bridgehead atoms. The van der Waals surface area contributed by atoms with Crippen molar-refractivity contribution in [1.29, 1.82) is 0 Å². The number of fused-ring (bicyclic) bond motifs is 1. The number of anilines is 2. The second-order valence-corrected chi connectivity index (χ2v) is 9.07. The van der Waals surface area contributed by atoms with E-state index < -0.39 is 22.3 Å². The van der Waals surface area contributed by atoms with Crippen LogP contribution in [0, 0.1) is 21.7 Å². The summed E-state index contributed by atoms with van der Waals surface area (Å²) in [5.74, 6) is -1.36. The SMILES string of the molecule is CC(NC(=O)C1CC1(C)COC(=O)c1cc(N([O-])[O-])cc(N(O)O)c1)c1cccc2ccccc12. The Morgan fingerprint density at radius 3 is 2.51 bits per heavy atom. The van der Waals surface area contributed by atoms with Crippen molar-refractivity contribution < 1.29 is 24.7 Å². The molecule has 1 aliphatic carbocycles. The fraction of sp³-hybridized carbons (Fsp3) is 0.280. The van der Waals surface area contributed by atoms with Crippen molar-refractivity contribution in [2.24, 2.45) is 11.3 Å². The van der Waals surface area contributed by atoms with E-state index in [9.17, 15) is 30.4 Å². The van der Waals surface area contributed by atoms with Gasteiger partial charge >= 0.3 is 5.97 Å². The van der Waals surface area contributed by atoms with Gasteiger partial charge in [0.15, 0.2) is 0 Å². The quantitative estimate of drug-likeness (QED) is 0.318. The Bertz CT molecular complexity index is 1230. The van der Waals surface area contributed by atoms with Crippen LogP contribution in [0.5, 0.6) is 0 Å². The Hall–Kier alpha value is -3.70. The Morgan fingerprint density at radius 1 is 1.11 bits per heavy atom. The molecular formula is C25H25N3O7-2. The van der Waals surface area contributed by atoms with Gasteiger partial charge in [-0.05, 0) is 47.9 Å². The van der Waals surface area contributed by atoms with Crippen LogP contribution < -0.4 is 15.8 Å².